The van der Waals surface area contributed by atoms with Crippen LogP contribution in [0.3, 0.4) is 0 Å². The maximum Gasteiger partial charge on any atom is 0.322 e. The number of amides is 3. The SMILES string of the molecule is CC(C)CNC(=O)c1csc(CN(C(=O)Nc2ccc(C(C)C)cc2)C(C)C)n1. The molecule has 0 atom stereocenters. The monoisotopic (exact) mass is 416 g/mol. The molecule has 3 amide bonds. The molecule has 0 fully saturated rings. The molecule has 0 spiro atoms. The van der Waals surface area contributed by atoms with E-state index in [4.69, 9.17) is 0 Å². The van der Waals surface area contributed by atoms with Crippen molar-refractivity contribution in [2.75, 3.05) is 11.9 Å². The van der Waals surface area contributed by atoms with Gasteiger partial charge in [-0.1, -0.05) is 39.8 Å². The third-order valence-electron chi connectivity index (χ3n) is 4.47. The zero-order valence-electron chi connectivity index (χ0n) is 18.2. The summed E-state index contributed by atoms with van der Waals surface area (Å²) >= 11 is 1.39. The molecule has 0 unspecified atom stereocenters. The number of anilines is 1. The average Bonchev–Trinajstić information content (AvgIpc) is 3.13. The predicted molar refractivity (Wildman–Crippen MR) is 120 cm³/mol. The third-order valence-corrected chi connectivity index (χ3v) is 5.31. The highest BCUT2D eigenvalue weighted by Gasteiger charge is 2.20. The van der Waals surface area contributed by atoms with Gasteiger partial charge in [-0.3, -0.25) is 4.79 Å². The van der Waals surface area contributed by atoms with Crippen LogP contribution in [0, 0.1) is 5.92 Å². The summed E-state index contributed by atoms with van der Waals surface area (Å²) in [6.45, 7) is 13.3. The fraction of sp³-hybridized carbons (Fsp3) is 0.500. The molecule has 2 aromatic rings. The third kappa shape index (κ3) is 6.85. The van der Waals surface area contributed by atoms with Gasteiger partial charge in [0.05, 0.1) is 6.54 Å². The summed E-state index contributed by atoms with van der Waals surface area (Å²) in [4.78, 5) is 31.1. The molecule has 7 heteroatoms. The lowest BCUT2D eigenvalue weighted by molar-refractivity contribution is 0.0944. The van der Waals surface area contributed by atoms with Gasteiger partial charge >= 0.3 is 6.03 Å². The smallest absolute Gasteiger partial charge is 0.322 e. The Kier molecular flexibility index (Phi) is 8.20. The van der Waals surface area contributed by atoms with Gasteiger partial charge < -0.3 is 15.5 Å². The van der Waals surface area contributed by atoms with Crippen LogP contribution < -0.4 is 10.6 Å². The van der Waals surface area contributed by atoms with Crippen LogP contribution in [0.4, 0.5) is 10.5 Å². The molecule has 0 aliphatic rings. The van der Waals surface area contributed by atoms with Gasteiger partial charge in [-0.25, -0.2) is 9.78 Å². The van der Waals surface area contributed by atoms with E-state index in [0.29, 0.717) is 30.6 Å². The minimum atomic E-state index is -0.182. The highest BCUT2D eigenvalue weighted by molar-refractivity contribution is 7.09. The Bertz CT molecular complexity index is 812. The Morgan fingerprint density at radius 1 is 1.07 bits per heavy atom. The van der Waals surface area contributed by atoms with E-state index in [1.54, 1.807) is 10.3 Å². The zero-order chi connectivity index (χ0) is 21.6. The van der Waals surface area contributed by atoms with Crippen LogP contribution in [0.1, 0.15) is 68.5 Å². The van der Waals surface area contributed by atoms with Gasteiger partial charge in [0.15, 0.2) is 0 Å². The molecule has 1 aromatic heterocycles. The second kappa shape index (κ2) is 10.4. The van der Waals surface area contributed by atoms with Gasteiger partial charge in [-0.15, -0.1) is 11.3 Å². The lowest BCUT2D eigenvalue weighted by atomic mass is 10.0. The number of rotatable bonds is 8. The van der Waals surface area contributed by atoms with E-state index in [0.717, 1.165) is 10.7 Å². The molecule has 1 heterocycles. The maximum absolute atomic E-state index is 12.8. The van der Waals surface area contributed by atoms with E-state index >= 15 is 0 Å². The van der Waals surface area contributed by atoms with E-state index in [2.05, 4.69) is 29.5 Å². The van der Waals surface area contributed by atoms with E-state index in [9.17, 15) is 9.59 Å². The molecule has 0 aliphatic heterocycles. The van der Waals surface area contributed by atoms with Crippen LogP contribution in [0.15, 0.2) is 29.6 Å². The van der Waals surface area contributed by atoms with Crippen LogP contribution in [-0.2, 0) is 6.54 Å². The summed E-state index contributed by atoms with van der Waals surface area (Å²) in [6, 6.07) is 7.72. The number of carbonyl (C=O) groups is 2. The average molecular weight is 417 g/mol. The minimum absolute atomic E-state index is 0.00736. The Labute approximate surface area is 177 Å². The topological polar surface area (TPSA) is 74.3 Å². The van der Waals surface area contributed by atoms with Crippen LogP contribution >= 0.6 is 11.3 Å². The summed E-state index contributed by atoms with van der Waals surface area (Å²) in [5.41, 5.74) is 2.40. The summed E-state index contributed by atoms with van der Waals surface area (Å²) in [7, 11) is 0. The maximum atomic E-state index is 12.8. The molecule has 2 rings (SSSR count). The van der Waals surface area contributed by atoms with Crippen molar-refractivity contribution in [3.05, 3.63) is 45.9 Å². The second-order valence-corrected chi connectivity index (χ2v) is 9.10. The number of nitrogens with one attached hydrogen (secondary N) is 2. The highest BCUT2D eigenvalue weighted by Crippen LogP contribution is 2.19. The molecular formula is C22H32N4O2S. The van der Waals surface area contributed by atoms with E-state index in [1.165, 1.54) is 16.9 Å². The predicted octanol–water partition coefficient (Wildman–Crippen LogP) is 5.09. The van der Waals surface area contributed by atoms with Gasteiger partial charge in [0.25, 0.3) is 5.91 Å². The lowest BCUT2D eigenvalue weighted by Crippen LogP contribution is -2.39. The molecule has 1 aromatic carbocycles. The number of aromatic nitrogens is 1. The fourth-order valence-electron chi connectivity index (χ4n) is 2.66. The Morgan fingerprint density at radius 3 is 2.28 bits per heavy atom. The van der Waals surface area contributed by atoms with Crippen LogP contribution in [0.5, 0.6) is 0 Å². The van der Waals surface area contributed by atoms with Crippen LogP contribution in [0.25, 0.3) is 0 Å². The molecule has 0 aliphatic carbocycles. The zero-order valence-corrected chi connectivity index (χ0v) is 19.0. The molecule has 158 valence electrons. The van der Waals surface area contributed by atoms with Crippen LogP contribution in [-0.4, -0.2) is 34.4 Å². The Hall–Kier alpha value is -2.41. The van der Waals surface area contributed by atoms with E-state index < -0.39 is 0 Å². The van der Waals surface area contributed by atoms with Crippen molar-refractivity contribution in [3.8, 4) is 0 Å². The second-order valence-electron chi connectivity index (χ2n) is 8.16. The number of hydrogen-bond acceptors (Lipinski definition) is 4. The van der Waals surface area contributed by atoms with Crippen molar-refractivity contribution >= 4 is 29.0 Å². The highest BCUT2D eigenvalue weighted by atomic mass is 32.1. The first kappa shape index (κ1) is 22.9. The molecule has 6 nitrogen and oxygen atoms in total. The summed E-state index contributed by atoms with van der Waals surface area (Å²) < 4.78 is 0. The molecule has 29 heavy (non-hydrogen) atoms. The molecule has 0 saturated carbocycles. The van der Waals surface area contributed by atoms with E-state index in [1.807, 2.05) is 52.0 Å². The molecule has 2 N–H and O–H groups in total. The van der Waals surface area contributed by atoms with Gasteiger partial charge in [-0.2, -0.15) is 0 Å². The van der Waals surface area contributed by atoms with Crippen molar-refractivity contribution < 1.29 is 9.59 Å². The number of hydrogen-bond donors (Lipinski definition) is 2. The first-order valence-corrected chi connectivity index (χ1v) is 11.0. The number of benzene rings is 1. The number of urea groups is 1. The first-order valence-electron chi connectivity index (χ1n) is 10.1. The largest absolute Gasteiger partial charge is 0.350 e. The number of nitrogens with zero attached hydrogens (tertiary/aromatic N) is 2. The lowest BCUT2D eigenvalue weighted by Gasteiger charge is -2.26. The Morgan fingerprint density at radius 2 is 1.72 bits per heavy atom. The van der Waals surface area contributed by atoms with Gasteiger partial charge in [0, 0.05) is 23.7 Å². The fourth-order valence-corrected chi connectivity index (χ4v) is 3.43. The Balaban J connectivity index is 2.02. The van der Waals surface area contributed by atoms with Crippen molar-refractivity contribution in [3.63, 3.8) is 0 Å². The summed E-state index contributed by atoms with van der Waals surface area (Å²) in [5.74, 6) is 0.655. The quantitative estimate of drug-likeness (QED) is 0.629. The molecular weight excluding hydrogens is 384 g/mol. The minimum Gasteiger partial charge on any atom is -0.350 e. The number of thiazole rings is 1. The van der Waals surface area contributed by atoms with Gasteiger partial charge in [-0.05, 0) is 43.4 Å². The van der Waals surface area contributed by atoms with Crippen molar-refractivity contribution in [2.45, 2.75) is 60.0 Å². The van der Waals surface area contributed by atoms with Gasteiger partial charge in [0.2, 0.25) is 0 Å². The summed E-state index contributed by atoms with van der Waals surface area (Å²) in [5, 5.41) is 8.30. The van der Waals surface area contributed by atoms with Crippen molar-refractivity contribution in [2.24, 2.45) is 5.92 Å². The normalized spacial score (nSPS) is 11.2. The first-order chi connectivity index (χ1) is 13.7. The van der Waals surface area contributed by atoms with E-state index in [-0.39, 0.29) is 18.0 Å². The van der Waals surface area contributed by atoms with Crippen LogP contribution in [0.2, 0.25) is 0 Å². The molecule has 0 bridgehead atoms. The van der Waals surface area contributed by atoms with Crippen molar-refractivity contribution in [1.29, 1.82) is 0 Å². The van der Waals surface area contributed by atoms with Crippen molar-refractivity contribution in [1.82, 2.24) is 15.2 Å². The molecule has 0 radical (unpaired) electrons. The summed E-state index contributed by atoms with van der Waals surface area (Å²) in [6.07, 6.45) is 0. The van der Waals surface area contributed by atoms with Gasteiger partial charge in [0.1, 0.15) is 10.7 Å². The number of carbonyl (C=O) groups excluding carboxylic acids is 2. The standard InChI is InChI=1S/C22H32N4O2S/c1-14(2)11-23-21(27)19-13-29-20(25-19)12-26(16(5)6)22(28)24-18-9-7-17(8-10-18)15(3)4/h7-10,13-16H,11-12H2,1-6H3,(H,23,27)(H,24,28). The molecule has 0 saturated heterocycles.